The zero-order chi connectivity index (χ0) is 4.99. The molecule has 0 heterocycles. The summed E-state index contributed by atoms with van der Waals surface area (Å²) in [5, 5.41) is 7.94. The van der Waals surface area contributed by atoms with Crippen molar-refractivity contribution in [2.75, 3.05) is 0 Å². The average molecular weight is 211 g/mol. The van der Waals surface area contributed by atoms with Crippen LogP contribution in [-0.4, -0.2) is 0 Å². The van der Waals surface area contributed by atoms with Gasteiger partial charge in [0.05, 0.1) is 0 Å². The molecule has 1 nitrogen and oxygen atoms in total. The van der Waals surface area contributed by atoms with E-state index in [0.717, 1.165) is 0 Å². The Bertz CT molecular complexity index is 99.9. The molecule has 0 fully saturated rings. The van der Waals surface area contributed by atoms with Gasteiger partial charge in [-0.05, 0) is 15.9 Å². The molecule has 0 aromatic carbocycles. The topological polar surface area (TPSA) is 23.8 Å². The molecule has 0 aromatic heterocycles. The van der Waals surface area contributed by atoms with Crippen LogP contribution in [0, 0.1) is 11.3 Å². The van der Waals surface area contributed by atoms with E-state index in [1.807, 2.05) is 6.07 Å². The maximum atomic E-state index is 7.94. The summed E-state index contributed by atoms with van der Waals surface area (Å²) < 4.78 is 0.502. The SMILES string of the molecule is N#C/C(Br)=C\Br. The number of nitriles is 1. The summed E-state index contributed by atoms with van der Waals surface area (Å²) in [7, 11) is 0. The Labute approximate surface area is 52.9 Å². The van der Waals surface area contributed by atoms with Crippen molar-refractivity contribution in [3.63, 3.8) is 0 Å². The molecule has 0 aliphatic rings. The minimum absolute atomic E-state index is 0.502. The molecule has 0 rings (SSSR count). The van der Waals surface area contributed by atoms with E-state index in [1.54, 1.807) is 0 Å². The Balaban J connectivity index is 3.61. The first-order valence-corrected chi connectivity index (χ1v) is 2.88. The predicted molar refractivity (Wildman–Crippen MR) is 31.5 cm³/mol. The van der Waals surface area contributed by atoms with Crippen LogP contribution in [0.4, 0.5) is 0 Å². The zero-order valence-electron chi connectivity index (χ0n) is 2.78. The molecule has 32 valence electrons. The fraction of sp³-hybridized carbons (Fsp3) is 0. The third-order valence-electron chi connectivity index (χ3n) is 0.203. The summed E-state index contributed by atoms with van der Waals surface area (Å²) in [5.74, 6) is 0. The summed E-state index contributed by atoms with van der Waals surface area (Å²) in [4.78, 5) is 1.51. The molecule has 0 unspecified atom stereocenters. The lowest BCUT2D eigenvalue weighted by Gasteiger charge is -1.65. The van der Waals surface area contributed by atoms with Gasteiger partial charge in [0.1, 0.15) is 10.6 Å². The maximum absolute atomic E-state index is 7.94. The molecule has 0 N–H and O–H groups in total. The highest BCUT2D eigenvalue weighted by molar-refractivity contribution is 9.14. The third kappa shape index (κ3) is 2.43. The fourth-order valence-electron chi connectivity index (χ4n) is 0.0244. The van der Waals surface area contributed by atoms with Crippen molar-refractivity contribution < 1.29 is 0 Å². The molecule has 0 radical (unpaired) electrons. The largest absolute Gasteiger partial charge is 0.192 e. The molecule has 0 saturated carbocycles. The highest BCUT2D eigenvalue weighted by Crippen LogP contribution is 2.03. The van der Waals surface area contributed by atoms with Gasteiger partial charge in [0, 0.05) is 4.99 Å². The van der Waals surface area contributed by atoms with E-state index in [-0.39, 0.29) is 0 Å². The van der Waals surface area contributed by atoms with Gasteiger partial charge in [0.25, 0.3) is 0 Å². The van der Waals surface area contributed by atoms with E-state index in [0.29, 0.717) is 4.48 Å². The molecule has 0 aliphatic heterocycles. The highest BCUT2D eigenvalue weighted by Gasteiger charge is 1.76. The summed E-state index contributed by atoms with van der Waals surface area (Å²) in [6, 6.07) is 1.85. The Morgan fingerprint density at radius 3 is 2.33 bits per heavy atom. The van der Waals surface area contributed by atoms with Crippen molar-refractivity contribution in [3.05, 3.63) is 9.47 Å². The summed E-state index contributed by atoms with van der Waals surface area (Å²) >= 11 is 5.87. The van der Waals surface area contributed by atoms with E-state index in [9.17, 15) is 0 Å². The molecule has 6 heavy (non-hydrogen) atoms. The second-order valence-electron chi connectivity index (χ2n) is 0.569. The molecule has 0 spiro atoms. The van der Waals surface area contributed by atoms with E-state index >= 15 is 0 Å². The second kappa shape index (κ2) is 3.38. The molecule has 0 aromatic rings. The van der Waals surface area contributed by atoms with Crippen molar-refractivity contribution in [3.8, 4) is 6.07 Å². The van der Waals surface area contributed by atoms with E-state index < -0.39 is 0 Å². The molecular weight excluding hydrogens is 210 g/mol. The van der Waals surface area contributed by atoms with Gasteiger partial charge in [-0.1, -0.05) is 15.9 Å². The Morgan fingerprint density at radius 2 is 2.33 bits per heavy atom. The maximum Gasteiger partial charge on any atom is 0.107 e. The Kier molecular flexibility index (Phi) is 3.49. The quantitative estimate of drug-likeness (QED) is 0.563. The van der Waals surface area contributed by atoms with Crippen LogP contribution in [-0.2, 0) is 0 Å². The number of hydrogen-bond acceptors (Lipinski definition) is 1. The summed E-state index contributed by atoms with van der Waals surface area (Å²) in [6.07, 6.45) is 0. The molecule has 0 aliphatic carbocycles. The van der Waals surface area contributed by atoms with Crippen LogP contribution in [0.3, 0.4) is 0 Å². The van der Waals surface area contributed by atoms with Crippen LogP contribution in [0.1, 0.15) is 0 Å². The smallest absolute Gasteiger partial charge is 0.107 e. The average Bonchev–Trinajstić information content (AvgIpc) is 1.65. The van der Waals surface area contributed by atoms with Crippen LogP contribution in [0.2, 0.25) is 0 Å². The number of halogens is 2. The first-order chi connectivity index (χ1) is 2.81. The minimum Gasteiger partial charge on any atom is -0.192 e. The summed E-state index contributed by atoms with van der Waals surface area (Å²) in [6.45, 7) is 0. The molecule has 0 saturated heterocycles. The fourth-order valence-corrected chi connectivity index (χ4v) is 0.127. The van der Waals surface area contributed by atoms with Gasteiger partial charge in [0.15, 0.2) is 0 Å². The van der Waals surface area contributed by atoms with Gasteiger partial charge in [-0.2, -0.15) is 5.26 Å². The molecule has 0 bridgehead atoms. The number of allylic oxidation sites excluding steroid dienone is 1. The highest BCUT2D eigenvalue weighted by atomic mass is 79.9. The number of rotatable bonds is 0. The zero-order valence-corrected chi connectivity index (χ0v) is 5.95. The van der Waals surface area contributed by atoms with E-state index in [4.69, 9.17) is 5.26 Å². The van der Waals surface area contributed by atoms with Gasteiger partial charge in [-0.15, -0.1) is 0 Å². The molecular formula is C3HBr2N. The molecule has 0 amide bonds. The first-order valence-electron chi connectivity index (χ1n) is 1.17. The van der Waals surface area contributed by atoms with Gasteiger partial charge in [0.2, 0.25) is 0 Å². The molecule has 0 atom stereocenters. The lowest BCUT2D eigenvalue weighted by Crippen LogP contribution is -1.48. The Morgan fingerprint density at radius 1 is 1.83 bits per heavy atom. The number of hydrogen-bond donors (Lipinski definition) is 0. The van der Waals surface area contributed by atoms with Crippen LogP contribution in [0.25, 0.3) is 0 Å². The van der Waals surface area contributed by atoms with Gasteiger partial charge in [-0.3, -0.25) is 0 Å². The van der Waals surface area contributed by atoms with Crippen LogP contribution in [0.15, 0.2) is 9.47 Å². The monoisotopic (exact) mass is 209 g/mol. The van der Waals surface area contributed by atoms with Crippen LogP contribution >= 0.6 is 31.9 Å². The second-order valence-corrected chi connectivity index (χ2v) is 1.88. The lowest BCUT2D eigenvalue weighted by molar-refractivity contribution is 1.53. The van der Waals surface area contributed by atoms with E-state index in [1.165, 1.54) is 4.99 Å². The van der Waals surface area contributed by atoms with Crippen molar-refractivity contribution in [2.24, 2.45) is 0 Å². The predicted octanol–water partition coefficient (Wildman–Crippen LogP) is 2.14. The van der Waals surface area contributed by atoms with Gasteiger partial charge >= 0.3 is 0 Å². The third-order valence-corrected chi connectivity index (χ3v) is 1.68. The van der Waals surface area contributed by atoms with Crippen LogP contribution in [0.5, 0.6) is 0 Å². The van der Waals surface area contributed by atoms with Crippen molar-refractivity contribution in [1.29, 1.82) is 5.26 Å². The normalized spacial score (nSPS) is 10.5. The molecule has 3 heteroatoms. The van der Waals surface area contributed by atoms with Crippen molar-refractivity contribution in [2.45, 2.75) is 0 Å². The van der Waals surface area contributed by atoms with E-state index in [2.05, 4.69) is 31.9 Å². The van der Waals surface area contributed by atoms with Crippen molar-refractivity contribution in [1.82, 2.24) is 0 Å². The Hall–Kier alpha value is 0.190. The standard InChI is InChI=1S/C3HBr2N/c4-1-3(5)2-6/h1H/b3-1+. The summed E-state index contributed by atoms with van der Waals surface area (Å²) in [5.41, 5.74) is 0. The van der Waals surface area contributed by atoms with Crippen LogP contribution < -0.4 is 0 Å². The van der Waals surface area contributed by atoms with Gasteiger partial charge < -0.3 is 0 Å². The first kappa shape index (κ1) is 6.19. The van der Waals surface area contributed by atoms with Gasteiger partial charge in [-0.25, -0.2) is 0 Å². The van der Waals surface area contributed by atoms with Crippen molar-refractivity contribution >= 4 is 31.9 Å². The lowest BCUT2D eigenvalue weighted by atomic mass is 10.7. The minimum atomic E-state index is 0.502. The number of nitrogens with zero attached hydrogens (tertiary/aromatic N) is 1.